The van der Waals surface area contributed by atoms with Gasteiger partial charge in [-0.15, -0.1) is 0 Å². The summed E-state index contributed by atoms with van der Waals surface area (Å²) in [6, 6.07) is 21.7. The molecule has 3 aromatic rings. The van der Waals surface area contributed by atoms with Crippen molar-refractivity contribution in [2.24, 2.45) is 0 Å². The third kappa shape index (κ3) is 2.81. The highest BCUT2D eigenvalue weighted by Gasteiger charge is 2.20. The molecular weight excluding hydrogens is 292 g/mol. The summed E-state index contributed by atoms with van der Waals surface area (Å²) in [6.07, 6.45) is 1.80. The van der Waals surface area contributed by atoms with E-state index in [9.17, 15) is 4.79 Å². The zero-order chi connectivity index (χ0) is 17.1. The summed E-state index contributed by atoms with van der Waals surface area (Å²) >= 11 is 0. The van der Waals surface area contributed by atoms with Gasteiger partial charge in [0.15, 0.2) is 5.78 Å². The van der Waals surface area contributed by atoms with Crippen molar-refractivity contribution in [3.8, 4) is 11.1 Å². The molecule has 0 atom stereocenters. The van der Waals surface area contributed by atoms with Crippen LogP contribution < -0.4 is 0 Å². The molecule has 0 fully saturated rings. The fraction of sp³-hybridized carbons (Fsp3) is 0.0870. The van der Waals surface area contributed by atoms with Gasteiger partial charge >= 0.3 is 0 Å². The van der Waals surface area contributed by atoms with Gasteiger partial charge in [0.2, 0.25) is 0 Å². The van der Waals surface area contributed by atoms with Crippen molar-refractivity contribution in [2.45, 2.75) is 13.8 Å². The van der Waals surface area contributed by atoms with Crippen molar-refractivity contribution in [1.29, 1.82) is 0 Å². The zero-order valence-electron chi connectivity index (χ0n) is 14.0. The van der Waals surface area contributed by atoms with Gasteiger partial charge in [0.25, 0.3) is 0 Å². The van der Waals surface area contributed by atoms with Crippen LogP contribution in [0.15, 0.2) is 73.3 Å². The molecule has 0 N–H and O–H groups in total. The summed E-state index contributed by atoms with van der Waals surface area (Å²) in [4.78, 5) is 13.1. The molecule has 0 aromatic heterocycles. The van der Waals surface area contributed by atoms with Gasteiger partial charge in [-0.2, -0.15) is 0 Å². The second-order valence-corrected chi connectivity index (χ2v) is 5.92. The molecule has 0 amide bonds. The second kappa shape index (κ2) is 6.67. The molecule has 3 rings (SSSR count). The van der Waals surface area contributed by atoms with Gasteiger partial charge in [-0.1, -0.05) is 79.4 Å². The van der Waals surface area contributed by atoms with Crippen molar-refractivity contribution in [1.82, 2.24) is 0 Å². The lowest BCUT2D eigenvalue weighted by Crippen LogP contribution is -2.09. The monoisotopic (exact) mass is 312 g/mol. The van der Waals surface area contributed by atoms with Gasteiger partial charge in [0.1, 0.15) is 0 Å². The van der Waals surface area contributed by atoms with Crippen LogP contribution in [0, 0.1) is 13.8 Å². The number of aryl methyl sites for hydroxylation is 1. The van der Waals surface area contributed by atoms with Gasteiger partial charge in [-0.05, 0) is 41.7 Å². The first-order chi connectivity index (χ1) is 11.6. The van der Waals surface area contributed by atoms with E-state index in [2.05, 4.69) is 31.7 Å². The molecule has 1 heteroatoms. The van der Waals surface area contributed by atoms with Gasteiger partial charge in [-0.25, -0.2) is 0 Å². The largest absolute Gasteiger partial charge is 0.289 e. The van der Waals surface area contributed by atoms with Crippen LogP contribution >= 0.6 is 0 Å². The van der Waals surface area contributed by atoms with E-state index in [1.165, 1.54) is 0 Å². The minimum absolute atomic E-state index is 0.0453. The third-order valence-electron chi connectivity index (χ3n) is 4.44. The SMILES string of the molecule is C=Cc1c(-c2ccccc2)cc(C)c(C)c1C(=O)c1ccccc1. The lowest BCUT2D eigenvalue weighted by atomic mass is 9.86. The Hall–Kier alpha value is -2.93. The number of carbonyl (C=O) groups is 1. The Morgan fingerprint density at radius 3 is 2.08 bits per heavy atom. The van der Waals surface area contributed by atoms with Crippen LogP contribution in [0.5, 0.6) is 0 Å². The van der Waals surface area contributed by atoms with E-state index in [1.807, 2.05) is 55.5 Å². The Morgan fingerprint density at radius 2 is 1.50 bits per heavy atom. The van der Waals surface area contributed by atoms with E-state index in [-0.39, 0.29) is 5.78 Å². The molecule has 0 spiro atoms. The van der Waals surface area contributed by atoms with Crippen LogP contribution in [0.25, 0.3) is 17.2 Å². The predicted molar refractivity (Wildman–Crippen MR) is 101 cm³/mol. The fourth-order valence-electron chi connectivity index (χ4n) is 3.03. The number of hydrogen-bond acceptors (Lipinski definition) is 1. The van der Waals surface area contributed by atoms with E-state index in [4.69, 9.17) is 0 Å². The summed E-state index contributed by atoms with van der Waals surface area (Å²) in [5.74, 6) is 0.0453. The fourth-order valence-corrected chi connectivity index (χ4v) is 3.03. The van der Waals surface area contributed by atoms with E-state index >= 15 is 0 Å². The van der Waals surface area contributed by atoms with Gasteiger partial charge in [0, 0.05) is 11.1 Å². The van der Waals surface area contributed by atoms with Crippen LogP contribution in [0.2, 0.25) is 0 Å². The number of rotatable bonds is 4. The molecule has 0 radical (unpaired) electrons. The Labute approximate surface area is 143 Å². The normalized spacial score (nSPS) is 10.4. The minimum Gasteiger partial charge on any atom is -0.289 e. The predicted octanol–water partition coefficient (Wildman–Crippen LogP) is 5.84. The molecule has 118 valence electrons. The molecule has 0 unspecified atom stereocenters. The van der Waals surface area contributed by atoms with Gasteiger partial charge in [-0.3, -0.25) is 4.79 Å². The first kappa shape index (κ1) is 15.9. The Balaban J connectivity index is 2.28. The highest BCUT2D eigenvalue weighted by Crippen LogP contribution is 2.33. The van der Waals surface area contributed by atoms with Crippen LogP contribution in [0.4, 0.5) is 0 Å². The van der Waals surface area contributed by atoms with Crippen molar-refractivity contribution in [3.05, 3.63) is 101 Å². The minimum atomic E-state index is 0.0453. The maximum Gasteiger partial charge on any atom is 0.193 e. The van der Waals surface area contributed by atoms with E-state index in [0.717, 1.165) is 33.4 Å². The summed E-state index contributed by atoms with van der Waals surface area (Å²) in [5, 5.41) is 0. The smallest absolute Gasteiger partial charge is 0.193 e. The highest BCUT2D eigenvalue weighted by molar-refractivity contribution is 6.13. The van der Waals surface area contributed by atoms with Gasteiger partial charge < -0.3 is 0 Å². The maximum atomic E-state index is 13.1. The molecule has 0 saturated heterocycles. The van der Waals surface area contributed by atoms with Crippen LogP contribution in [0.1, 0.15) is 32.6 Å². The summed E-state index contributed by atoms with van der Waals surface area (Å²) in [7, 11) is 0. The second-order valence-electron chi connectivity index (χ2n) is 5.92. The Bertz CT molecular complexity index is 890. The third-order valence-corrected chi connectivity index (χ3v) is 4.44. The lowest BCUT2D eigenvalue weighted by molar-refractivity contribution is 0.103. The standard InChI is InChI=1S/C23H20O/c1-4-20-21(18-11-7-5-8-12-18)15-16(2)17(3)22(20)23(24)19-13-9-6-10-14-19/h4-15H,1H2,2-3H3. The Kier molecular flexibility index (Phi) is 4.43. The van der Waals surface area contributed by atoms with Crippen molar-refractivity contribution in [2.75, 3.05) is 0 Å². The Morgan fingerprint density at radius 1 is 0.917 bits per heavy atom. The van der Waals surface area contributed by atoms with Crippen molar-refractivity contribution >= 4 is 11.9 Å². The molecule has 0 saturated carbocycles. The van der Waals surface area contributed by atoms with Gasteiger partial charge in [0.05, 0.1) is 0 Å². The van der Waals surface area contributed by atoms with Crippen molar-refractivity contribution < 1.29 is 4.79 Å². The number of carbonyl (C=O) groups excluding carboxylic acids is 1. The summed E-state index contributed by atoms with van der Waals surface area (Å²) < 4.78 is 0. The van der Waals surface area contributed by atoms with Crippen molar-refractivity contribution in [3.63, 3.8) is 0 Å². The topological polar surface area (TPSA) is 17.1 Å². The van der Waals surface area contributed by atoms with E-state index in [0.29, 0.717) is 5.56 Å². The first-order valence-electron chi connectivity index (χ1n) is 8.05. The molecule has 0 aliphatic rings. The molecule has 0 aliphatic carbocycles. The number of hydrogen-bond donors (Lipinski definition) is 0. The number of benzene rings is 3. The number of ketones is 1. The molecule has 0 bridgehead atoms. The quantitative estimate of drug-likeness (QED) is 0.553. The highest BCUT2D eigenvalue weighted by atomic mass is 16.1. The summed E-state index contributed by atoms with van der Waals surface area (Å²) in [6.45, 7) is 8.03. The van der Waals surface area contributed by atoms with E-state index in [1.54, 1.807) is 6.08 Å². The van der Waals surface area contributed by atoms with Crippen LogP contribution in [-0.4, -0.2) is 5.78 Å². The maximum absolute atomic E-state index is 13.1. The molecule has 24 heavy (non-hydrogen) atoms. The van der Waals surface area contributed by atoms with E-state index < -0.39 is 0 Å². The molecule has 0 aliphatic heterocycles. The average Bonchev–Trinajstić information content (AvgIpc) is 2.64. The molecular formula is C23H20O. The van der Waals surface area contributed by atoms with Crippen LogP contribution in [0.3, 0.4) is 0 Å². The lowest BCUT2D eigenvalue weighted by Gasteiger charge is -2.17. The summed E-state index contributed by atoms with van der Waals surface area (Å²) in [5.41, 5.74) is 6.62. The molecule has 1 nitrogen and oxygen atoms in total. The molecule has 0 heterocycles. The molecule has 3 aromatic carbocycles. The first-order valence-corrected chi connectivity index (χ1v) is 8.05. The average molecular weight is 312 g/mol. The zero-order valence-corrected chi connectivity index (χ0v) is 14.0. The van der Waals surface area contributed by atoms with Crippen LogP contribution in [-0.2, 0) is 0 Å².